The molecule has 3 N–H and O–H groups in total. The molecule has 1 aromatic carbocycles. The SMILES string of the molecule is Cc1cc(CN)cc(S(=O)(=O)NCC(F)(F)C(F)F)c1C. The first-order chi connectivity index (χ1) is 9.51. The number of sulfonamides is 1. The average molecular weight is 328 g/mol. The van der Waals surface area contributed by atoms with Gasteiger partial charge in [0.25, 0.3) is 0 Å². The van der Waals surface area contributed by atoms with E-state index in [0.717, 1.165) is 0 Å². The number of benzene rings is 1. The predicted molar refractivity (Wildman–Crippen MR) is 69.9 cm³/mol. The quantitative estimate of drug-likeness (QED) is 0.784. The van der Waals surface area contributed by atoms with Crippen LogP contribution in [0.1, 0.15) is 16.7 Å². The van der Waals surface area contributed by atoms with E-state index >= 15 is 0 Å². The van der Waals surface area contributed by atoms with Crippen LogP contribution in [0.2, 0.25) is 0 Å². The minimum absolute atomic E-state index is 0.0663. The zero-order valence-corrected chi connectivity index (χ0v) is 12.3. The van der Waals surface area contributed by atoms with Crippen molar-refractivity contribution in [2.45, 2.75) is 37.6 Å². The lowest BCUT2D eigenvalue weighted by molar-refractivity contribution is -0.122. The number of hydrogen-bond acceptors (Lipinski definition) is 3. The molecule has 0 saturated heterocycles. The number of nitrogens with two attached hydrogens (primary N) is 1. The molecular formula is C12H16F4N2O2S. The van der Waals surface area contributed by atoms with Gasteiger partial charge in [0.05, 0.1) is 11.4 Å². The molecule has 21 heavy (non-hydrogen) atoms. The van der Waals surface area contributed by atoms with Crippen molar-refractivity contribution in [3.05, 3.63) is 28.8 Å². The smallest absolute Gasteiger partial charge is 0.320 e. The van der Waals surface area contributed by atoms with Crippen LogP contribution in [0, 0.1) is 13.8 Å². The van der Waals surface area contributed by atoms with Gasteiger partial charge < -0.3 is 5.73 Å². The lowest BCUT2D eigenvalue weighted by atomic mass is 10.1. The highest BCUT2D eigenvalue weighted by Gasteiger charge is 2.41. The van der Waals surface area contributed by atoms with E-state index in [0.29, 0.717) is 16.7 Å². The van der Waals surface area contributed by atoms with E-state index in [2.05, 4.69) is 0 Å². The van der Waals surface area contributed by atoms with Crippen LogP contribution in [0.5, 0.6) is 0 Å². The first-order valence-corrected chi connectivity index (χ1v) is 7.45. The fourth-order valence-corrected chi connectivity index (χ4v) is 3.05. The lowest BCUT2D eigenvalue weighted by Crippen LogP contribution is -2.41. The number of rotatable bonds is 6. The van der Waals surface area contributed by atoms with Crippen molar-refractivity contribution in [3.63, 3.8) is 0 Å². The molecule has 1 aromatic rings. The normalized spacial score (nSPS) is 13.0. The van der Waals surface area contributed by atoms with Gasteiger partial charge >= 0.3 is 12.3 Å². The van der Waals surface area contributed by atoms with Gasteiger partial charge in [-0.25, -0.2) is 21.9 Å². The maximum absolute atomic E-state index is 12.8. The van der Waals surface area contributed by atoms with Crippen LogP contribution >= 0.6 is 0 Å². The number of hydrogen-bond donors (Lipinski definition) is 2. The molecule has 0 atom stereocenters. The average Bonchev–Trinajstić information content (AvgIpc) is 2.39. The molecule has 120 valence electrons. The molecule has 0 fully saturated rings. The molecule has 0 aromatic heterocycles. The summed E-state index contributed by atoms with van der Waals surface area (Å²) in [6.45, 7) is 1.53. The molecule has 9 heteroatoms. The summed E-state index contributed by atoms with van der Waals surface area (Å²) in [6, 6.07) is 2.91. The summed E-state index contributed by atoms with van der Waals surface area (Å²) in [5.74, 6) is -4.43. The second-order valence-electron chi connectivity index (χ2n) is 4.63. The number of nitrogens with one attached hydrogen (secondary N) is 1. The summed E-state index contributed by atoms with van der Waals surface area (Å²) in [5.41, 5.74) is 6.89. The van der Waals surface area contributed by atoms with Crippen LogP contribution in [0.25, 0.3) is 0 Å². The van der Waals surface area contributed by atoms with Crippen molar-refractivity contribution in [2.24, 2.45) is 5.73 Å². The van der Waals surface area contributed by atoms with E-state index in [1.807, 2.05) is 0 Å². The van der Waals surface area contributed by atoms with Gasteiger partial charge in [0.1, 0.15) is 0 Å². The number of aryl methyl sites for hydroxylation is 1. The van der Waals surface area contributed by atoms with Crippen LogP contribution in [-0.2, 0) is 16.6 Å². The van der Waals surface area contributed by atoms with E-state index in [1.54, 1.807) is 13.0 Å². The Labute approximate surface area is 120 Å². The van der Waals surface area contributed by atoms with Gasteiger partial charge in [0, 0.05) is 6.54 Å². The van der Waals surface area contributed by atoms with Gasteiger partial charge in [0.2, 0.25) is 10.0 Å². The van der Waals surface area contributed by atoms with E-state index in [4.69, 9.17) is 5.73 Å². The van der Waals surface area contributed by atoms with Crippen molar-refractivity contribution in [3.8, 4) is 0 Å². The summed E-state index contributed by atoms with van der Waals surface area (Å²) in [5, 5.41) is 0. The molecule has 0 amide bonds. The van der Waals surface area contributed by atoms with Crippen LogP contribution in [-0.4, -0.2) is 27.3 Å². The minimum Gasteiger partial charge on any atom is -0.326 e. The van der Waals surface area contributed by atoms with Crippen LogP contribution in [0.4, 0.5) is 17.6 Å². The Morgan fingerprint density at radius 2 is 1.86 bits per heavy atom. The summed E-state index contributed by atoms with van der Waals surface area (Å²) in [6.07, 6.45) is -3.95. The van der Waals surface area contributed by atoms with Crippen molar-refractivity contribution >= 4 is 10.0 Å². The lowest BCUT2D eigenvalue weighted by Gasteiger charge is -2.17. The van der Waals surface area contributed by atoms with E-state index in [1.165, 1.54) is 17.7 Å². The number of halogens is 4. The molecular weight excluding hydrogens is 312 g/mol. The topological polar surface area (TPSA) is 72.2 Å². The largest absolute Gasteiger partial charge is 0.326 e. The third-order valence-electron chi connectivity index (χ3n) is 3.02. The maximum atomic E-state index is 12.8. The Hall–Kier alpha value is -1.19. The molecule has 0 aliphatic rings. The highest BCUT2D eigenvalue weighted by Crippen LogP contribution is 2.24. The number of alkyl halides is 4. The molecule has 0 unspecified atom stereocenters. The second-order valence-corrected chi connectivity index (χ2v) is 6.36. The third-order valence-corrected chi connectivity index (χ3v) is 4.55. The molecule has 0 saturated carbocycles. The summed E-state index contributed by atoms with van der Waals surface area (Å²) in [4.78, 5) is -0.243. The van der Waals surface area contributed by atoms with Crippen LogP contribution in [0.3, 0.4) is 0 Å². The van der Waals surface area contributed by atoms with Gasteiger partial charge in [-0.1, -0.05) is 6.07 Å². The van der Waals surface area contributed by atoms with Crippen LogP contribution < -0.4 is 10.5 Å². The molecule has 0 radical (unpaired) electrons. The zero-order chi connectivity index (χ0) is 16.4. The monoisotopic (exact) mass is 328 g/mol. The third kappa shape index (κ3) is 4.14. The van der Waals surface area contributed by atoms with E-state index < -0.39 is 28.9 Å². The fourth-order valence-electron chi connectivity index (χ4n) is 1.64. The van der Waals surface area contributed by atoms with Crippen molar-refractivity contribution in [1.29, 1.82) is 0 Å². The van der Waals surface area contributed by atoms with Crippen molar-refractivity contribution < 1.29 is 26.0 Å². The fraction of sp³-hybridized carbons (Fsp3) is 0.500. The molecule has 0 aliphatic heterocycles. The summed E-state index contributed by atoms with van der Waals surface area (Å²) >= 11 is 0. The van der Waals surface area contributed by atoms with Gasteiger partial charge in [-0.05, 0) is 36.6 Å². The highest BCUT2D eigenvalue weighted by atomic mass is 32.2. The van der Waals surface area contributed by atoms with Gasteiger partial charge in [-0.15, -0.1) is 0 Å². The highest BCUT2D eigenvalue weighted by molar-refractivity contribution is 7.89. The minimum atomic E-state index is -4.43. The molecule has 0 bridgehead atoms. The Morgan fingerprint density at radius 1 is 1.29 bits per heavy atom. The first-order valence-electron chi connectivity index (χ1n) is 5.97. The molecule has 0 heterocycles. The van der Waals surface area contributed by atoms with Gasteiger partial charge in [0.15, 0.2) is 0 Å². The summed E-state index contributed by atoms with van der Waals surface area (Å²) in [7, 11) is -4.33. The van der Waals surface area contributed by atoms with E-state index in [-0.39, 0.29) is 11.4 Å². The molecule has 1 rings (SSSR count). The van der Waals surface area contributed by atoms with E-state index in [9.17, 15) is 26.0 Å². The molecule has 0 spiro atoms. The zero-order valence-electron chi connectivity index (χ0n) is 11.5. The van der Waals surface area contributed by atoms with Crippen molar-refractivity contribution in [2.75, 3.05) is 6.54 Å². The Kier molecular flexibility index (Phi) is 5.35. The van der Waals surface area contributed by atoms with Gasteiger partial charge in [-0.2, -0.15) is 8.78 Å². The first kappa shape index (κ1) is 17.9. The predicted octanol–water partition coefficient (Wildman–Crippen LogP) is 1.94. The molecule has 0 aliphatic carbocycles. The van der Waals surface area contributed by atoms with Crippen molar-refractivity contribution in [1.82, 2.24) is 4.72 Å². The Bertz CT molecular complexity index is 618. The second kappa shape index (κ2) is 6.29. The standard InChI is InChI=1S/C12H16F4N2O2S/c1-7-3-9(5-17)4-10(8(7)2)21(19,20)18-6-12(15,16)11(13)14/h3-4,11,18H,5-6,17H2,1-2H3. The molecule has 4 nitrogen and oxygen atoms in total. The van der Waals surface area contributed by atoms with Gasteiger partial charge in [-0.3, -0.25) is 0 Å². The van der Waals surface area contributed by atoms with Crippen LogP contribution in [0.15, 0.2) is 17.0 Å². The maximum Gasteiger partial charge on any atom is 0.320 e. The Morgan fingerprint density at radius 3 is 2.33 bits per heavy atom. The summed E-state index contributed by atoms with van der Waals surface area (Å²) < 4.78 is 75.3. The Balaban J connectivity index is 3.12.